The van der Waals surface area contributed by atoms with E-state index in [4.69, 9.17) is 5.11 Å². The molecule has 1 aromatic carbocycles. The molecule has 18 heavy (non-hydrogen) atoms. The molecule has 0 atom stereocenters. The highest BCUT2D eigenvalue weighted by molar-refractivity contribution is 7.86. The lowest BCUT2D eigenvalue weighted by Gasteiger charge is -2.39. The van der Waals surface area contributed by atoms with E-state index in [-0.39, 0.29) is 12.5 Å². The minimum Gasteiger partial charge on any atom is -0.396 e. The lowest BCUT2D eigenvalue weighted by Crippen LogP contribution is -2.55. The van der Waals surface area contributed by atoms with E-state index >= 15 is 0 Å². The molecule has 1 aromatic rings. The second-order valence-electron chi connectivity index (χ2n) is 4.62. The zero-order chi connectivity index (χ0) is 13.2. The van der Waals surface area contributed by atoms with E-state index in [2.05, 4.69) is 0 Å². The Morgan fingerprint density at radius 2 is 1.94 bits per heavy atom. The van der Waals surface area contributed by atoms with Gasteiger partial charge in [0.05, 0.1) is 0 Å². The Morgan fingerprint density at radius 1 is 1.33 bits per heavy atom. The normalized spacial score (nSPS) is 17.9. The summed E-state index contributed by atoms with van der Waals surface area (Å²) in [6.07, 6.45) is 0. The first-order chi connectivity index (χ1) is 8.54. The highest BCUT2D eigenvalue weighted by atomic mass is 32.2. The van der Waals surface area contributed by atoms with Crippen LogP contribution in [0, 0.1) is 5.92 Å². The number of nitrogens with zero attached hydrogens (tertiary/aromatic N) is 2. The summed E-state index contributed by atoms with van der Waals surface area (Å²) in [7, 11) is -1.81. The van der Waals surface area contributed by atoms with Crippen molar-refractivity contribution >= 4 is 10.2 Å². The SMILES string of the molecule is CN(Cc1ccccc1)S(=O)(=O)N1CC(CO)C1. The fourth-order valence-electron chi connectivity index (χ4n) is 1.95. The van der Waals surface area contributed by atoms with Gasteiger partial charge in [-0.3, -0.25) is 0 Å². The zero-order valence-corrected chi connectivity index (χ0v) is 11.2. The molecule has 0 aliphatic carbocycles. The van der Waals surface area contributed by atoms with Crippen molar-refractivity contribution in [1.82, 2.24) is 8.61 Å². The fourth-order valence-corrected chi connectivity index (χ4v) is 3.45. The van der Waals surface area contributed by atoms with Crippen molar-refractivity contribution < 1.29 is 13.5 Å². The molecule has 6 heteroatoms. The van der Waals surface area contributed by atoms with Crippen LogP contribution in [0.25, 0.3) is 0 Å². The third-order valence-electron chi connectivity index (χ3n) is 3.15. The van der Waals surface area contributed by atoms with Crippen molar-refractivity contribution in [1.29, 1.82) is 0 Å². The Kier molecular flexibility index (Phi) is 4.01. The van der Waals surface area contributed by atoms with Gasteiger partial charge in [-0.05, 0) is 5.56 Å². The molecule has 0 unspecified atom stereocenters. The number of benzene rings is 1. The van der Waals surface area contributed by atoms with Gasteiger partial charge in [0.15, 0.2) is 0 Å². The minimum atomic E-state index is -3.39. The average Bonchev–Trinajstić information content (AvgIpc) is 2.28. The summed E-state index contributed by atoms with van der Waals surface area (Å²) in [5.74, 6) is 0.0879. The lowest BCUT2D eigenvalue weighted by atomic mass is 10.1. The highest BCUT2D eigenvalue weighted by Gasteiger charge is 2.37. The predicted octanol–water partition coefficient (Wildman–Crippen LogP) is 0.287. The Bertz CT molecular complexity index is 483. The minimum absolute atomic E-state index is 0.0500. The topological polar surface area (TPSA) is 60.9 Å². The van der Waals surface area contributed by atoms with Gasteiger partial charge in [0.1, 0.15) is 0 Å². The number of rotatable bonds is 5. The van der Waals surface area contributed by atoms with Gasteiger partial charge < -0.3 is 5.11 Å². The van der Waals surface area contributed by atoms with Gasteiger partial charge in [-0.2, -0.15) is 17.0 Å². The summed E-state index contributed by atoms with van der Waals surface area (Å²) in [5.41, 5.74) is 0.961. The monoisotopic (exact) mass is 270 g/mol. The molecule has 1 N–H and O–H groups in total. The smallest absolute Gasteiger partial charge is 0.282 e. The van der Waals surface area contributed by atoms with Gasteiger partial charge in [0.2, 0.25) is 0 Å². The van der Waals surface area contributed by atoms with E-state index in [0.717, 1.165) is 5.56 Å². The van der Waals surface area contributed by atoms with Crippen LogP contribution in [0.15, 0.2) is 30.3 Å². The Balaban J connectivity index is 1.98. The first kappa shape index (κ1) is 13.5. The molecule has 0 saturated carbocycles. The third-order valence-corrected chi connectivity index (χ3v) is 5.02. The van der Waals surface area contributed by atoms with Crippen LogP contribution >= 0.6 is 0 Å². The van der Waals surface area contributed by atoms with Crippen LogP contribution in [-0.4, -0.2) is 48.9 Å². The molecule has 0 bridgehead atoms. The molecular formula is C12H18N2O3S. The first-order valence-electron chi connectivity index (χ1n) is 5.90. The number of hydrogen-bond donors (Lipinski definition) is 1. The maximum Gasteiger partial charge on any atom is 0.282 e. The zero-order valence-electron chi connectivity index (χ0n) is 10.4. The van der Waals surface area contributed by atoms with Crippen molar-refractivity contribution in [2.45, 2.75) is 6.54 Å². The van der Waals surface area contributed by atoms with E-state index in [9.17, 15) is 8.42 Å². The number of hydrogen-bond acceptors (Lipinski definition) is 3. The molecule has 1 saturated heterocycles. The molecule has 2 rings (SSSR count). The van der Waals surface area contributed by atoms with Gasteiger partial charge in [-0.15, -0.1) is 0 Å². The Morgan fingerprint density at radius 3 is 2.50 bits per heavy atom. The van der Waals surface area contributed by atoms with E-state index in [0.29, 0.717) is 19.6 Å². The molecule has 0 radical (unpaired) electrons. The summed E-state index contributed by atoms with van der Waals surface area (Å²) in [5, 5.41) is 8.91. The molecule has 1 aliphatic heterocycles. The Hall–Kier alpha value is -0.950. The second kappa shape index (κ2) is 5.36. The highest BCUT2D eigenvalue weighted by Crippen LogP contribution is 2.21. The van der Waals surface area contributed by atoms with Crippen molar-refractivity contribution in [2.24, 2.45) is 5.92 Å². The largest absolute Gasteiger partial charge is 0.396 e. The molecule has 1 fully saturated rings. The molecule has 100 valence electrons. The summed E-state index contributed by atoms with van der Waals surface area (Å²) in [6, 6.07) is 9.49. The third kappa shape index (κ3) is 2.72. The van der Waals surface area contributed by atoms with Crippen LogP contribution in [0.5, 0.6) is 0 Å². The van der Waals surface area contributed by atoms with Crippen molar-refractivity contribution in [3.63, 3.8) is 0 Å². The van der Waals surface area contributed by atoms with Gasteiger partial charge in [0.25, 0.3) is 10.2 Å². The number of aliphatic hydroxyl groups is 1. The predicted molar refractivity (Wildman–Crippen MR) is 69.0 cm³/mol. The van der Waals surface area contributed by atoms with E-state index in [1.54, 1.807) is 7.05 Å². The van der Waals surface area contributed by atoms with Crippen LogP contribution in [-0.2, 0) is 16.8 Å². The first-order valence-corrected chi connectivity index (χ1v) is 7.30. The maximum atomic E-state index is 12.1. The van der Waals surface area contributed by atoms with Crippen LogP contribution in [0.2, 0.25) is 0 Å². The van der Waals surface area contributed by atoms with Gasteiger partial charge in [-0.25, -0.2) is 0 Å². The Labute approximate surface area is 108 Å². The quantitative estimate of drug-likeness (QED) is 0.836. The molecule has 5 nitrogen and oxygen atoms in total. The van der Waals surface area contributed by atoms with Crippen LogP contribution in [0.3, 0.4) is 0 Å². The number of aliphatic hydroxyl groups excluding tert-OH is 1. The molecule has 0 spiro atoms. The standard InChI is InChI=1S/C12H18N2O3S/c1-13(7-11-5-3-2-4-6-11)18(16,17)14-8-12(9-14)10-15/h2-6,12,15H,7-10H2,1H3. The van der Waals surface area contributed by atoms with Crippen LogP contribution in [0.1, 0.15) is 5.56 Å². The summed E-state index contributed by atoms with van der Waals surface area (Å²) in [6.45, 7) is 1.24. The van der Waals surface area contributed by atoms with Gasteiger partial charge >= 0.3 is 0 Å². The maximum absolute atomic E-state index is 12.1. The molecular weight excluding hydrogens is 252 g/mol. The lowest BCUT2D eigenvalue weighted by molar-refractivity contribution is 0.112. The van der Waals surface area contributed by atoms with Crippen molar-refractivity contribution in [3.8, 4) is 0 Å². The summed E-state index contributed by atoms with van der Waals surface area (Å²) in [4.78, 5) is 0. The molecule has 1 heterocycles. The fraction of sp³-hybridized carbons (Fsp3) is 0.500. The molecule has 0 amide bonds. The van der Waals surface area contributed by atoms with Crippen molar-refractivity contribution in [3.05, 3.63) is 35.9 Å². The molecule has 1 aliphatic rings. The van der Waals surface area contributed by atoms with Crippen LogP contribution < -0.4 is 0 Å². The van der Waals surface area contributed by atoms with E-state index in [1.165, 1.54) is 8.61 Å². The average molecular weight is 270 g/mol. The van der Waals surface area contributed by atoms with E-state index < -0.39 is 10.2 Å². The van der Waals surface area contributed by atoms with Gasteiger partial charge in [0, 0.05) is 39.2 Å². The second-order valence-corrected chi connectivity index (χ2v) is 6.65. The van der Waals surface area contributed by atoms with Gasteiger partial charge in [-0.1, -0.05) is 30.3 Å². The summed E-state index contributed by atoms with van der Waals surface area (Å²) >= 11 is 0. The van der Waals surface area contributed by atoms with E-state index in [1.807, 2.05) is 30.3 Å². The molecule has 0 aromatic heterocycles. The van der Waals surface area contributed by atoms with Crippen molar-refractivity contribution in [2.75, 3.05) is 26.7 Å². The summed E-state index contributed by atoms with van der Waals surface area (Å²) < 4.78 is 27.0. The van der Waals surface area contributed by atoms with Crippen LogP contribution in [0.4, 0.5) is 0 Å².